The van der Waals surface area contributed by atoms with Crippen molar-refractivity contribution >= 4 is 28.4 Å². The van der Waals surface area contributed by atoms with Gasteiger partial charge in [-0.05, 0) is 56.0 Å². The predicted octanol–water partition coefficient (Wildman–Crippen LogP) is 4.90. The monoisotopic (exact) mass is 498 g/mol. The number of rotatable bonds is 9. The largest absolute Gasteiger partial charge is 0.481 e. The Morgan fingerprint density at radius 1 is 1.00 bits per heavy atom. The number of amides is 2. The number of aromatic nitrogens is 2. The molecule has 0 bridgehead atoms. The van der Waals surface area contributed by atoms with Crippen molar-refractivity contribution in [3.63, 3.8) is 0 Å². The minimum absolute atomic E-state index is 0.192. The molecule has 2 amide bonds. The van der Waals surface area contributed by atoms with Crippen molar-refractivity contribution in [2.24, 2.45) is 0 Å². The van der Waals surface area contributed by atoms with Crippen LogP contribution in [0.4, 0.5) is 5.69 Å². The second kappa shape index (κ2) is 11.3. The fourth-order valence-corrected chi connectivity index (χ4v) is 4.92. The van der Waals surface area contributed by atoms with Gasteiger partial charge in [0.15, 0.2) is 0 Å². The molecule has 0 aliphatic heterocycles. The van der Waals surface area contributed by atoms with Crippen molar-refractivity contribution in [2.45, 2.75) is 53.1 Å². The number of aryl methyl sites for hydroxylation is 3. The van der Waals surface area contributed by atoms with Crippen LogP contribution in [-0.2, 0) is 29.0 Å². The Hall–Kier alpha value is -4.13. The van der Waals surface area contributed by atoms with Gasteiger partial charge in [0.2, 0.25) is 17.7 Å². The van der Waals surface area contributed by atoms with Gasteiger partial charge in [-0.3, -0.25) is 9.59 Å². The van der Waals surface area contributed by atoms with E-state index in [4.69, 9.17) is 4.74 Å². The standard InChI is InChI=1S/C30H34N4O3/c1-6-34-21(4)24(28-19(2)12-13-20(3)29(28)34)17-26(35)33-25(16-22-10-8-7-9-11-22)30(36)32-23-14-15-27(37-5)31-18-23/h7-15,18,25H,6,16-17H2,1-5H3,(H,32,36)(H,33,35)/t25-/m0/s1. The summed E-state index contributed by atoms with van der Waals surface area (Å²) in [7, 11) is 1.54. The highest BCUT2D eigenvalue weighted by molar-refractivity contribution is 5.99. The zero-order chi connectivity index (χ0) is 26.5. The van der Waals surface area contributed by atoms with Crippen LogP contribution in [0.3, 0.4) is 0 Å². The topological polar surface area (TPSA) is 85.2 Å². The molecule has 0 unspecified atom stereocenters. The lowest BCUT2D eigenvalue weighted by molar-refractivity contribution is -0.126. The molecule has 192 valence electrons. The van der Waals surface area contributed by atoms with Crippen molar-refractivity contribution in [1.82, 2.24) is 14.9 Å². The fourth-order valence-electron chi connectivity index (χ4n) is 4.92. The number of benzene rings is 2. The van der Waals surface area contributed by atoms with Crippen LogP contribution in [-0.4, -0.2) is 34.5 Å². The third-order valence-electron chi connectivity index (χ3n) is 6.80. The molecule has 7 heteroatoms. The molecule has 7 nitrogen and oxygen atoms in total. The number of pyridine rings is 1. The lowest BCUT2D eigenvalue weighted by atomic mass is 10.00. The lowest BCUT2D eigenvalue weighted by Gasteiger charge is -2.19. The average molecular weight is 499 g/mol. The number of hydrogen-bond donors (Lipinski definition) is 2. The first kappa shape index (κ1) is 25.9. The smallest absolute Gasteiger partial charge is 0.247 e. The van der Waals surface area contributed by atoms with Gasteiger partial charge in [0, 0.05) is 30.1 Å². The van der Waals surface area contributed by atoms with Gasteiger partial charge in [0.25, 0.3) is 0 Å². The Bertz CT molecular complexity index is 1410. The maximum absolute atomic E-state index is 13.4. The molecule has 2 aromatic carbocycles. The Labute approximate surface area is 217 Å². The summed E-state index contributed by atoms with van der Waals surface area (Å²) in [6.07, 6.45) is 2.10. The predicted molar refractivity (Wildman–Crippen MR) is 147 cm³/mol. The normalized spacial score (nSPS) is 11.8. The van der Waals surface area contributed by atoms with Gasteiger partial charge in [0.05, 0.1) is 30.9 Å². The molecule has 0 aliphatic carbocycles. The number of nitrogens with zero attached hydrogens (tertiary/aromatic N) is 2. The Morgan fingerprint density at radius 3 is 2.38 bits per heavy atom. The molecule has 0 fully saturated rings. The van der Waals surface area contributed by atoms with E-state index in [2.05, 4.69) is 60.0 Å². The van der Waals surface area contributed by atoms with E-state index in [1.807, 2.05) is 30.3 Å². The lowest BCUT2D eigenvalue weighted by Crippen LogP contribution is -2.45. The first-order valence-electron chi connectivity index (χ1n) is 12.5. The quantitative estimate of drug-likeness (QED) is 0.344. The number of ether oxygens (including phenoxy) is 1. The van der Waals surface area contributed by atoms with Crippen LogP contribution in [0.1, 0.15) is 34.9 Å². The average Bonchev–Trinajstić information content (AvgIpc) is 3.19. The highest BCUT2D eigenvalue weighted by Gasteiger charge is 2.24. The summed E-state index contributed by atoms with van der Waals surface area (Å²) in [6, 6.07) is 16.6. The molecular formula is C30H34N4O3. The second-order valence-corrected chi connectivity index (χ2v) is 9.30. The van der Waals surface area contributed by atoms with Gasteiger partial charge in [-0.15, -0.1) is 0 Å². The van der Waals surface area contributed by atoms with Crippen LogP contribution in [0.25, 0.3) is 10.9 Å². The van der Waals surface area contributed by atoms with E-state index in [-0.39, 0.29) is 18.2 Å². The Morgan fingerprint density at radius 2 is 1.73 bits per heavy atom. The molecule has 1 atom stereocenters. The van der Waals surface area contributed by atoms with E-state index in [1.54, 1.807) is 12.1 Å². The molecule has 0 saturated carbocycles. The van der Waals surface area contributed by atoms with E-state index in [9.17, 15) is 9.59 Å². The molecule has 4 aromatic rings. The third-order valence-corrected chi connectivity index (χ3v) is 6.80. The minimum atomic E-state index is -0.750. The van der Waals surface area contributed by atoms with E-state index in [0.29, 0.717) is 18.0 Å². The molecule has 2 N–H and O–H groups in total. The van der Waals surface area contributed by atoms with Crippen LogP contribution in [0.2, 0.25) is 0 Å². The van der Waals surface area contributed by atoms with Gasteiger partial charge < -0.3 is 19.9 Å². The van der Waals surface area contributed by atoms with Gasteiger partial charge in [-0.2, -0.15) is 0 Å². The van der Waals surface area contributed by atoms with E-state index >= 15 is 0 Å². The molecule has 2 aromatic heterocycles. The van der Waals surface area contributed by atoms with Crippen LogP contribution in [0, 0.1) is 20.8 Å². The first-order valence-corrected chi connectivity index (χ1v) is 12.5. The zero-order valence-electron chi connectivity index (χ0n) is 22.1. The summed E-state index contributed by atoms with van der Waals surface area (Å²) < 4.78 is 7.36. The van der Waals surface area contributed by atoms with Gasteiger partial charge in [0.1, 0.15) is 6.04 Å². The van der Waals surface area contributed by atoms with Gasteiger partial charge >= 0.3 is 0 Å². The molecule has 2 heterocycles. The highest BCUT2D eigenvalue weighted by atomic mass is 16.5. The van der Waals surface area contributed by atoms with Crippen molar-refractivity contribution in [1.29, 1.82) is 0 Å². The van der Waals surface area contributed by atoms with Crippen molar-refractivity contribution in [2.75, 3.05) is 12.4 Å². The fraction of sp³-hybridized carbons (Fsp3) is 0.300. The minimum Gasteiger partial charge on any atom is -0.481 e. The van der Waals surface area contributed by atoms with Crippen LogP contribution in [0.15, 0.2) is 60.8 Å². The summed E-state index contributed by atoms with van der Waals surface area (Å²) in [5.74, 6) is -0.0359. The number of fused-ring (bicyclic) bond motifs is 1. The number of anilines is 1. The Kier molecular flexibility index (Phi) is 7.92. The summed E-state index contributed by atoms with van der Waals surface area (Å²) in [5, 5.41) is 7.01. The van der Waals surface area contributed by atoms with E-state index < -0.39 is 6.04 Å². The molecule has 37 heavy (non-hydrogen) atoms. The van der Waals surface area contributed by atoms with Crippen LogP contribution < -0.4 is 15.4 Å². The van der Waals surface area contributed by atoms with Gasteiger partial charge in [-0.1, -0.05) is 42.5 Å². The number of methoxy groups -OCH3 is 1. The number of carbonyl (C=O) groups is 2. The van der Waals surface area contributed by atoms with Crippen LogP contribution >= 0.6 is 0 Å². The Balaban J connectivity index is 1.59. The number of hydrogen-bond acceptors (Lipinski definition) is 4. The van der Waals surface area contributed by atoms with Crippen molar-refractivity contribution in [3.8, 4) is 5.88 Å². The second-order valence-electron chi connectivity index (χ2n) is 9.30. The molecule has 4 rings (SSSR count). The van der Waals surface area contributed by atoms with E-state index in [1.165, 1.54) is 24.4 Å². The highest BCUT2D eigenvalue weighted by Crippen LogP contribution is 2.31. The molecule has 0 saturated heterocycles. The molecular weight excluding hydrogens is 464 g/mol. The van der Waals surface area contributed by atoms with Gasteiger partial charge in [-0.25, -0.2) is 4.98 Å². The van der Waals surface area contributed by atoms with Crippen molar-refractivity contribution in [3.05, 3.63) is 88.7 Å². The summed E-state index contributed by atoms with van der Waals surface area (Å²) in [4.78, 5) is 30.9. The summed E-state index contributed by atoms with van der Waals surface area (Å²) in [6.45, 7) is 9.19. The maximum atomic E-state index is 13.4. The summed E-state index contributed by atoms with van der Waals surface area (Å²) in [5.41, 5.74) is 7.09. The molecule has 0 spiro atoms. The maximum Gasteiger partial charge on any atom is 0.247 e. The zero-order valence-corrected chi connectivity index (χ0v) is 22.1. The van der Waals surface area contributed by atoms with E-state index in [0.717, 1.165) is 34.3 Å². The molecule has 0 radical (unpaired) electrons. The number of nitrogens with one attached hydrogen (secondary N) is 2. The first-order chi connectivity index (χ1) is 17.8. The van der Waals surface area contributed by atoms with Crippen LogP contribution in [0.5, 0.6) is 5.88 Å². The third kappa shape index (κ3) is 5.66. The van der Waals surface area contributed by atoms with Crippen molar-refractivity contribution < 1.29 is 14.3 Å². The number of carbonyl (C=O) groups excluding carboxylic acids is 2. The summed E-state index contributed by atoms with van der Waals surface area (Å²) >= 11 is 0. The SMILES string of the molecule is CCn1c(C)c(CC(=O)N[C@@H](Cc2ccccc2)C(=O)Nc2ccc(OC)nc2)c2c(C)ccc(C)c21. The molecule has 0 aliphatic rings.